The van der Waals surface area contributed by atoms with Crippen molar-refractivity contribution in [1.29, 1.82) is 0 Å². The molecule has 2 aromatic carbocycles. The summed E-state index contributed by atoms with van der Waals surface area (Å²) in [6.07, 6.45) is -0.536. The van der Waals surface area contributed by atoms with Crippen molar-refractivity contribution in [3.63, 3.8) is 0 Å². The maximum absolute atomic E-state index is 13.1. The van der Waals surface area contributed by atoms with Crippen molar-refractivity contribution in [2.75, 3.05) is 13.1 Å². The van der Waals surface area contributed by atoms with Gasteiger partial charge in [0.05, 0.1) is 17.1 Å². The molecule has 3 rings (SSSR count). The predicted octanol–water partition coefficient (Wildman–Crippen LogP) is 3.35. The first-order chi connectivity index (χ1) is 12.3. The third-order valence-corrected chi connectivity index (χ3v) is 6.38. The number of hydrogen-bond acceptors (Lipinski definition) is 4. The fourth-order valence-electron chi connectivity index (χ4n) is 3.10. The van der Waals surface area contributed by atoms with Gasteiger partial charge in [-0.25, -0.2) is 8.42 Å². The summed E-state index contributed by atoms with van der Waals surface area (Å²) >= 11 is 0. The van der Waals surface area contributed by atoms with Crippen LogP contribution in [0, 0.1) is 6.92 Å². The third-order valence-electron chi connectivity index (χ3n) is 4.55. The smallest absolute Gasteiger partial charge is 0.243 e. The molecular weight excluding hydrogens is 350 g/mol. The molecule has 0 aromatic heterocycles. The van der Waals surface area contributed by atoms with Crippen LogP contribution in [0.3, 0.4) is 0 Å². The number of Topliss-reactive ketones (excluding diaryl/α,β-unsaturated/α-hetero) is 1. The maximum atomic E-state index is 13.1. The van der Waals surface area contributed by atoms with E-state index < -0.39 is 10.0 Å². The molecule has 1 heterocycles. The lowest BCUT2D eigenvalue weighted by Crippen LogP contribution is -2.45. The number of aryl methyl sites for hydroxylation is 1. The molecule has 2 aromatic rings. The molecule has 5 nitrogen and oxygen atoms in total. The van der Waals surface area contributed by atoms with Crippen LogP contribution in [0.2, 0.25) is 0 Å². The Hall–Kier alpha value is -2.02. The van der Waals surface area contributed by atoms with Gasteiger partial charge in [0.25, 0.3) is 0 Å². The van der Waals surface area contributed by atoms with E-state index in [4.69, 9.17) is 4.74 Å². The number of ketones is 1. The first-order valence-corrected chi connectivity index (χ1v) is 10.0. The van der Waals surface area contributed by atoms with Crippen molar-refractivity contribution in [3.8, 4) is 0 Å². The van der Waals surface area contributed by atoms with Crippen molar-refractivity contribution < 1.29 is 17.9 Å². The highest BCUT2D eigenvalue weighted by atomic mass is 32.2. The van der Waals surface area contributed by atoms with E-state index >= 15 is 0 Å². The number of sulfonamides is 1. The molecule has 0 saturated carbocycles. The second kappa shape index (κ2) is 7.31. The van der Waals surface area contributed by atoms with Gasteiger partial charge in [-0.2, -0.15) is 4.31 Å². The monoisotopic (exact) mass is 373 g/mol. The van der Waals surface area contributed by atoms with E-state index in [9.17, 15) is 13.2 Å². The zero-order valence-corrected chi connectivity index (χ0v) is 16.0. The minimum absolute atomic E-state index is 0.141. The summed E-state index contributed by atoms with van der Waals surface area (Å²) < 4.78 is 33.6. The molecule has 6 heteroatoms. The summed E-state index contributed by atoms with van der Waals surface area (Å²) in [5.74, 6) is -0.157. The Bertz CT molecular complexity index is 906. The van der Waals surface area contributed by atoms with Crippen molar-refractivity contribution >= 4 is 15.8 Å². The highest BCUT2D eigenvalue weighted by Crippen LogP contribution is 2.29. The zero-order valence-electron chi connectivity index (χ0n) is 15.2. The summed E-state index contributed by atoms with van der Waals surface area (Å²) in [6.45, 7) is 5.84. The lowest BCUT2D eigenvalue weighted by Gasteiger charge is -2.36. The van der Waals surface area contributed by atoms with Gasteiger partial charge in [0.15, 0.2) is 5.78 Å². The molecule has 0 bridgehead atoms. The lowest BCUT2D eigenvalue weighted by molar-refractivity contribution is -0.0557. The predicted molar refractivity (Wildman–Crippen MR) is 99.7 cm³/mol. The molecule has 0 amide bonds. The molecule has 1 aliphatic rings. The van der Waals surface area contributed by atoms with E-state index in [1.54, 1.807) is 12.1 Å². The average Bonchev–Trinajstić information content (AvgIpc) is 2.62. The average molecular weight is 373 g/mol. The summed E-state index contributed by atoms with van der Waals surface area (Å²) in [5.41, 5.74) is 2.49. The number of benzene rings is 2. The van der Waals surface area contributed by atoms with Crippen LogP contribution in [0.15, 0.2) is 53.4 Å². The highest BCUT2D eigenvalue weighted by Gasteiger charge is 2.34. The number of ether oxygens (including phenoxy) is 1. The molecule has 0 radical (unpaired) electrons. The Kier molecular flexibility index (Phi) is 5.27. The minimum atomic E-state index is -3.70. The lowest BCUT2D eigenvalue weighted by atomic mass is 10.1. The van der Waals surface area contributed by atoms with E-state index in [0.29, 0.717) is 5.56 Å². The van der Waals surface area contributed by atoms with Gasteiger partial charge < -0.3 is 4.74 Å². The number of morpholine rings is 1. The molecule has 0 N–H and O–H groups in total. The van der Waals surface area contributed by atoms with E-state index in [1.165, 1.54) is 23.4 Å². The van der Waals surface area contributed by atoms with Crippen LogP contribution < -0.4 is 0 Å². The van der Waals surface area contributed by atoms with Crippen molar-refractivity contribution in [1.82, 2.24) is 4.31 Å². The van der Waals surface area contributed by atoms with Gasteiger partial charge in [0.1, 0.15) is 0 Å². The van der Waals surface area contributed by atoms with E-state index in [-0.39, 0.29) is 36.0 Å². The number of nitrogens with zero attached hydrogens (tertiary/aromatic N) is 1. The summed E-state index contributed by atoms with van der Waals surface area (Å²) in [4.78, 5) is 11.7. The van der Waals surface area contributed by atoms with Crippen molar-refractivity contribution in [2.45, 2.75) is 37.9 Å². The molecule has 26 heavy (non-hydrogen) atoms. The van der Waals surface area contributed by atoms with Crippen LogP contribution in [-0.2, 0) is 14.8 Å². The maximum Gasteiger partial charge on any atom is 0.243 e. The van der Waals surface area contributed by atoms with E-state index in [1.807, 2.05) is 38.1 Å². The van der Waals surface area contributed by atoms with E-state index in [0.717, 1.165) is 11.1 Å². The Morgan fingerprint density at radius 3 is 2.46 bits per heavy atom. The third kappa shape index (κ3) is 3.87. The molecule has 0 aliphatic carbocycles. The summed E-state index contributed by atoms with van der Waals surface area (Å²) in [6, 6.07) is 14.1. The number of carbonyl (C=O) groups excluding carboxylic acids is 1. The van der Waals surface area contributed by atoms with Crippen LogP contribution in [0.4, 0.5) is 0 Å². The van der Waals surface area contributed by atoms with Gasteiger partial charge in [0, 0.05) is 18.7 Å². The molecule has 2 atom stereocenters. The first kappa shape index (κ1) is 18.8. The van der Waals surface area contributed by atoms with Crippen LogP contribution in [0.1, 0.15) is 41.4 Å². The second-order valence-electron chi connectivity index (χ2n) is 6.75. The van der Waals surface area contributed by atoms with Crippen LogP contribution >= 0.6 is 0 Å². The Labute approximate surface area is 154 Å². The SMILES string of the molecule is CC(=O)c1cccc(S(=O)(=O)N2CC(C)OC(c3ccc(C)cc3)C2)c1. The zero-order chi connectivity index (χ0) is 18.9. The normalized spacial score (nSPS) is 21.5. The summed E-state index contributed by atoms with van der Waals surface area (Å²) in [7, 11) is -3.70. The summed E-state index contributed by atoms with van der Waals surface area (Å²) in [5, 5.41) is 0. The fourth-order valence-corrected chi connectivity index (χ4v) is 4.66. The molecule has 2 unspecified atom stereocenters. The van der Waals surface area contributed by atoms with Crippen LogP contribution in [0.5, 0.6) is 0 Å². The van der Waals surface area contributed by atoms with Gasteiger partial charge in [0.2, 0.25) is 10.0 Å². The molecule has 0 spiro atoms. The second-order valence-corrected chi connectivity index (χ2v) is 8.69. The van der Waals surface area contributed by atoms with Crippen LogP contribution in [-0.4, -0.2) is 37.7 Å². The molecule has 138 valence electrons. The number of hydrogen-bond donors (Lipinski definition) is 0. The van der Waals surface area contributed by atoms with Gasteiger partial charge >= 0.3 is 0 Å². The van der Waals surface area contributed by atoms with Gasteiger partial charge in [-0.15, -0.1) is 0 Å². The van der Waals surface area contributed by atoms with Crippen molar-refractivity contribution in [3.05, 3.63) is 65.2 Å². The van der Waals surface area contributed by atoms with Gasteiger partial charge in [-0.3, -0.25) is 4.79 Å². The fraction of sp³-hybridized carbons (Fsp3) is 0.350. The first-order valence-electron chi connectivity index (χ1n) is 8.60. The molecule has 1 aliphatic heterocycles. The Morgan fingerprint density at radius 1 is 1.12 bits per heavy atom. The van der Waals surface area contributed by atoms with Crippen LogP contribution in [0.25, 0.3) is 0 Å². The van der Waals surface area contributed by atoms with E-state index in [2.05, 4.69) is 0 Å². The Balaban J connectivity index is 1.90. The van der Waals surface area contributed by atoms with Gasteiger partial charge in [-0.05, 0) is 38.5 Å². The topological polar surface area (TPSA) is 63.7 Å². The van der Waals surface area contributed by atoms with Gasteiger partial charge in [-0.1, -0.05) is 42.0 Å². The number of carbonyl (C=O) groups is 1. The number of rotatable bonds is 4. The highest BCUT2D eigenvalue weighted by molar-refractivity contribution is 7.89. The molecule has 1 saturated heterocycles. The molecular formula is C20H23NO4S. The quantitative estimate of drug-likeness (QED) is 0.771. The van der Waals surface area contributed by atoms with Crippen molar-refractivity contribution in [2.24, 2.45) is 0 Å². The molecule has 1 fully saturated rings. The largest absolute Gasteiger partial charge is 0.368 e. The Morgan fingerprint density at radius 2 is 1.81 bits per heavy atom. The standard InChI is InChI=1S/C20H23NO4S/c1-14-7-9-17(10-8-14)20-13-21(12-15(2)25-20)26(23,24)19-6-4-5-18(11-19)16(3)22/h4-11,15,20H,12-13H2,1-3H3. The minimum Gasteiger partial charge on any atom is -0.368 e.